The zero-order chi connectivity index (χ0) is 13.5. The highest BCUT2D eigenvalue weighted by Crippen LogP contribution is 2.12. The molecule has 2 heterocycles. The summed E-state index contributed by atoms with van der Waals surface area (Å²) in [5, 5.41) is 11.2. The van der Waals surface area contributed by atoms with Crippen LogP contribution in [0.5, 0.6) is 0 Å². The van der Waals surface area contributed by atoms with Gasteiger partial charge < -0.3 is 10.2 Å². The smallest absolute Gasteiger partial charge is 0.274 e. The number of amides is 1. The first-order chi connectivity index (χ1) is 9.31. The fourth-order valence-corrected chi connectivity index (χ4v) is 2.79. The first-order valence-corrected chi connectivity index (χ1v) is 7.91. The third-order valence-corrected chi connectivity index (χ3v) is 4.00. The second kappa shape index (κ2) is 7.33. The summed E-state index contributed by atoms with van der Waals surface area (Å²) >= 11 is 1.90. The Kier molecular flexibility index (Phi) is 5.44. The molecule has 1 aromatic heterocycles. The Labute approximate surface area is 118 Å². The summed E-state index contributed by atoms with van der Waals surface area (Å²) in [4.78, 5) is 14.1. The summed E-state index contributed by atoms with van der Waals surface area (Å²) < 4.78 is 0. The quantitative estimate of drug-likeness (QED) is 0.912. The number of carbonyl (C=O) groups is 1. The topological polar surface area (TPSA) is 58.1 Å². The Morgan fingerprint density at radius 2 is 2.26 bits per heavy atom. The molecule has 6 heteroatoms. The molecule has 1 aliphatic rings. The molecular weight excluding hydrogens is 260 g/mol. The summed E-state index contributed by atoms with van der Waals surface area (Å²) in [6, 6.07) is 3.58. The van der Waals surface area contributed by atoms with Gasteiger partial charge in [0.1, 0.15) is 5.82 Å². The van der Waals surface area contributed by atoms with Gasteiger partial charge in [-0.05, 0) is 30.7 Å². The molecule has 0 unspecified atom stereocenters. The lowest BCUT2D eigenvalue weighted by Gasteiger charge is -2.19. The molecule has 0 aliphatic carbocycles. The van der Waals surface area contributed by atoms with E-state index < -0.39 is 0 Å². The van der Waals surface area contributed by atoms with E-state index in [1.807, 2.05) is 22.7 Å². The lowest BCUT2D eigenvalue weighted by atomic mass is 10.3. The highest BCUT2D eigenvalue weighted by molar-refractivity contribution is 7.99. The van der Waals surface area contributed by atoms with Gasteiger partial charge in [-0.2, -0.15) is 11.8 Å². The Hall–Kier alpha value is -1.30. The lowest BCUT2D eigenvalue weighted by molar-refractivity contribution is 0.0761. The van der Waals surface area contributed by atoms with Crippen LogP contribution in [-0.4, -0.2) is 52.1 Å². The first kappa shape index (κ1) is 14.1. The normalized spacial score (nSPS) is 15.9. The van der Waals surface area contributed by atoms with Crippen molar-refractivity contribution in [3.63, 3.8) is 0 Å². The number of hydrogen-bond donors (Lipinski definition) is 1. The SMILES string of the molecule is CCCNc1ccc(C(=O)N2CCCSCC2)nn1. The molecule has 0 bridgehead atoms. The summed E-state index contributed by atoms with van der Waals surface area (Å²) in [6.07, 6.45) is 2.09. The maximum absolute atomic E-state index is 12.3. The Bertz CT molecular complexity index is 402. The van der Waals surface area contributed by atoms with Crippen molar-refractivity contribution in [2.45, 2.75) is 19.8 Å². The van der Waals surface area contributed by atoms with Crippen LogP contribution >= 0.6 is 11.8 Å². The highest BCUT2D eigenvalue weighted by Gasteiger charge is 2.18. The molecule has 2 rings (SSSR count). The van der Waals surface area contributed by atoms with Crippen molar-refractivity contribution in [3.8, 4) is 0 Å². The van der Waals surface area contributed by atoms with Crippen LogP contribution in [0.25, 0.3) is 0 Å². The maximum atomic E-state index is 12.3. The van der Waals surface area contributed by atoms with Crippen LogP contribution in [0.3, 0.4) is 0 Å². The predicted molar refractivity (Wildman–Crippen MR) is 78.7 cm³/mol. The number of hydrogen-bond acceptors (Lipinski definition) is 5. The molecule has 1 saturated heterocycles. The minimum atomic E-state index is -0.00274. The van der Waals surface area contributed by atoms with Gasteiger partial charge in [-0.15, -0.1) is 10.2 Å². The monoisotopic (exact) mass is 280 g/mol. The standard InChI is InChI=1S/C13H20N4OS/c1-2-6-14-12-5-4-11(15-16-12)13(18)17-7-3-9-19-10-8-17/h4-5H,2-3,6-10H2,1H3,(H,14,16). The first-order valence-electron chi connectivity index (χ1n) is 6.76. The molecule has 0 atom stereocenters. The van der Waals surface area contributed by atoms with Crippen LogP contribution in [0.15, 0.2) is 12.1 Å². The van der Waals surface area contributed by atoms with Gasteiger partial charge in [0.2, 0.25) is 0 Å². The Morgan fingerprint density at radius 1 is 1.37 bits per heavy atom. The highest BCUT2D eigenvalue weighted by atomic mass is 32.2. The van der Waals surface area contributed by atoms with Crippen LogP contribution < -0.4 is 5.32 Å². The van der Waals surface area contributed by atoms with Gasteiger partial charge in [0.15, 0.2) is 5.69 Å². The molecule has 1 aliphatic heterocycles. The van der Waals surface area contributed by atoms with Crippen LogP contribution in [0.2, 0.25) is 0 Å². The minimum absolute atomic E-state index is 0.00274. The van der Waals surface area contributed by atoms with E-state index in [0.29, 0.717) is 5.69 Å². The van der Waals surface area contributed by atoms with Crippen molar-refractivity contribution in [1.29, 1.82) is 0 Å². The molecule has 0 saturated carbocycles. The van der Waals surface area contributed by atoms with E-state index in [4.69, 9.17) is 0 Å². The average molecular weight is 280 g/mol. The number of aromatic nitrogens is 2. The van der Waals surface area contributed by atoms with E-state index in [1.54, 1.807) is 6.07 Å². The fourth-order valence-electron chi connectivity index (χ4n) is 1.90. The van der Waals surface area contributed by atoms with Gasteiger partial charge in [-0.3, -0.25) is 4.79 Å². The van der Waals surface area contributed by atoms with E-state index in [2.05, 4.69) is 22.4 Å². The summed E-state index contributed by atoms with van der Waals surface area (Å²) in [6.45, 7) is 4.59. The van der Waals surface area contributed by atoms with Gasteiger partial charge in [0.25, 0.3) is 5.91 Å². The van der Waals surface area contributed by atoms with Crippen LogP contribution in [0.4, 0.5) is 5.82 Å². The van der Waals surface area contributed by atoms with Gasteiger partial charge in [0, 0.05) is 25.4 Å². The van der Waals surface area contributed by atoms with Gasteiger partial charge in [-0.1, -0.05) is 6.92 Å². The third kappa shape index (κ3) is 4.09. The molecule has 19 heavy (non-hydrogen) atoms. The average Bonchev–Trinajstić information content (AvgIpc) is 2.74. The number of nitrogens with zero attached hydrogens (tertiary/aromatic N) is 3. The van der Waals surface area contributed by atoms with E-state index >= 15 is 0 Å². The van der Waals surface area contributed by atoms with E-state index in [9.17, 15) is 4.79 Å². The third-order valence-electron chi connectivity index (χ3n) is 2.95. The van der Waals surface area contributed by atoms with Gasteiger partial charge in [0.05, 0.1) is 0 Å². The Morgan fingerprint density at radius 3 is 3.00 bits per heavy atom. The van der Waals surface area contributed by atoms with E-state index in [1.165, 1.54) is 0 Å². The number of thioether (sulfide) groups is 1. The molecule has 104 valence electrons. The van der Waals surface area contributed by atoms with Crippen LogP contribution in [0, 0.1) is 0 Å². The molecule has 1 N–H and O–H groups in total. The number of rotatable bonds is 4. The largest absolute Gasteiger partial charge is 0.369 e. The summed E-state index contributed by atoms with van der Waals surface area (Å²) in [5.74, 6) is 2.87. The van der Waals surface area contributed by atoms with Crippen molar-refractivity contribution < 1.29 is 4.79 Å². The zero-order valence-corrected chi connectivity index (χ0v) is 12.1. The summed E-state index contributed by atoms with van der Waals surface area (Å²) in [7, 11) is 0. The molecule has 1 aromatic rings. The number of anilines is 1. The second-order valence-corrected chi connectivity index (χ2v) is 5.71. The molecular formula is C13H20N4OS. The predicted octanol–water partition coefficient (Wildman–Crippen LogP) is 1.88. The van der Waals surface area contributed by atoms with Crippen molar-refractivity contribution in [2.75, 3.05) is 36.5 Å². The maximum Gasteiger partial charge on any atom is 0.274 e. The molecule has 0 radical (unpaired) electrons. The molecule has 1 amide bonds. The molecule has 0 aromatic carbocycles. The zero-order valence-electron chi connectivity index (χ0n) is 11.3. The van der Waals surface area contributed by atoms with Gasteiger partial charge in [-0.25, -0.2) is 0 Å². The lowest BCUT2D eigenvalue weighted by Crippen LogP contribution is -2.33. The van der Waals surface area contributed by atoms with Crippen LogP contribution in [0.1, 0.15) is 30.3 Å². The summed E-state index contributed by atoms with van der Waals surface area (Å²) in [5.41, 5.74) is 0.439. The molecule has 1 fully saturated rings. The number of nitrogens with one attached hydrogen (secondary N) is 1. The van der Waals surface area contributed by atoms with Crippen molar-refractivity contribution in [2.24, 2.45) is 0 Å². The van der Waals surface area contributed by atoms with Gasteiger partial charge >= 0.3 is 0 Å². The van der Waals surface area contributed by atoms with E-state index in [-0.39, 0.29) is 5.91 Å². The fraction of sp³-hybridized carbons (Fsp3) is 0.615. The Balaban J connectivity index is 1.98. The van der Waals surface area contributed by atoms with Crippen molar-refractivity contribution >= 4 is 23.5 Å². The van der Waals surface area contributed by atoms with E-state index in [0.717, 1.165) is 49.8 Å². The van der Waals surface area contributed by atoms with Crippen LogP contribution in [-0.2, 0) is 0 Å². The molecule has 0 spiro atoms. The second-order valence-electron chi connectivity index (χ2n) is 4.49. The molecule has 5 nitrogen and oxygen atoms in total. The minimum Gasteiger partial charge on any atom is -0.369 e. The van der Waals surface area contributed by atoms with Crippen molar-refractivity contribution in [1.82, 2.24) is 15.1 Å². The number of carbonyl (C=O) groups excluding carboxylic acids is 1. The van der Waals surface area contributed by atoms with Crippen molar-refractivity contribution in [3.05, 3.63) is 17.8 Å².